The number of carbonyl (C=O) groups is 1. The number of furan rings is 1. The number of amides is 1. The number of hydrazone groups is 1. The van der Waals surface area contributed by atoms with Gasteiger partial charge in [0.2, 0.25) is 0 Å². The standard InChI is InChI=1S/C25H21N3O4/c1-30-18-11-12-24(31-2)21(15-18)23-16-20(19-9-3-4-10-22(19)27-23)25(29)28-26-13-5-7-17-8-6-14-32-17/h3-16H,1-2H3,(H,28,29). The zero-order valence-corrected chi connectivity index (χ0v) is 17.6. The van der Waals surface area contributed by atoms with Gasteiger partial charge in [-0.15, -0.1) is 0 Å². The predicted molar refractivity (Wildman–Crippen MR) is 124 cm³/mol. The molecule has 1 N–H and O–H groups in total. The van der Waals surface area contributed by atoms with Crippen LogP contribution in [0.1, 0.15) is 16.1 Å². The van der Waals surface area contributed by atoms with Crippen LogP contribution in [0.4, 0.5) is 0 Å². The minimum atomic E-state index is -0.352. The number of hydrogen-bond acceptors (Lipinski definition) is 6. The number of carbonyl (C=O) groups excluding carboxylic acids is 1. The minimum Gasteiger partial charge on any atom is -0.497 e. The Morgan fingerprint density at radius 3 is 2.72 bits per heavy atom. The molecular weight excluding hydrogens is 406 g/mol. The number of aromatic nitrogens is 1. The zero-order chi connectivity index (χ0) is 22.3. The lowest BCUT2D eigenvalue weighted by Gasteiger charge is -2.13. The molecule has 0 bridgehead atoms. The molecule has 4 rings (SSSR count). The second-order valence-corrected chi connectivity index (χ2v) is 6.73. The van der Waals surface area contributed by atoms with Crippen LogP contribution >= 0.6 is 0 Å². The molecule has 0 fully saturated rings. The van der Waals surface area contributed by atoms with Gasteiger partial charge < -0.3 is 13.9 Å². The molecule has 4 aromatic rings. The molecule has 2 aromatic heterocycles. The summed E-state index contributed by atoms with van der Waals surface area (Å²) in [4.78, 5) is 17.7. The Morgan fingerprint density at radius 2 is 1.94 bits per heavy atom. The molecule has 0 aliphatic heterocycles. The van der Waals surface area contributed by atoms with E-state index in [2.05, 4.69) is 10.5 Å². The van der Waals surface area contributed by atoms with E-state index in [1.807, 2.05) is 42.5 Å². The fourth-order valence-corrected chi connectivity index (χ4v) is 3.24. The van der Waals surface area contributed by atoms with Crippen molar-refractivity contribution in [1.82, 2.24) is 10.4 Å². The van der Waals surface area contributed by atoms with Crippen LogP contribution in [0.15, 0.2) is 82.5 Å². The minimum absolute atomic E-state index is 0.352. The van der Waals surface area contributed by atoms with E-state index < -0.39 is 0 Å². The molecule has 1 amide bonds. The normalized spacial score (nSPS) is 11.3. The summed E-state index contributed by atoms with van der Waals surface area (Å²) < 4.78 is 16.1. The molecule has 0 unspecified atom stereocenters. The topological polar surface area (TPSA) is 86.0 Å². The smallest absolute Gasteiger partial charge is 0.272 e. The number of para-hydroxylation sites is 1. The van der Waals surface area contributed by atoms with Gasteiger partial charge in [-0.05, 0) is 54.6 Å². The van der Waals surface area contributed by atoms with E-state index in [1.54, 1.807) is 50.8 Å². The van der Waals surface area contributed by atoms with E-state index in [4.69, 9.17) is 18.9 Å². The van der Waals surface area contributed by atoms with Crippen molar-refractivity contribution in [3.8, 4) is 22.8 Å². The van der Waals surface area contributed by atoms with Gasteiger partial charge in [0.25, 0.3) is 5.91 Å². The molecule has 0 spiro atoms. The summed E-state index contributed by atoms with van der Waals surface area (Å²) in [5.74, 6) is 1.63. The van der Waals surface area contributed by atoms with Gasteiger partial charge in [-0.2, -0.15) is 5.10 Å². The molecule has 160 valence electrons. The fraction of sp³-hybridized carbons (Fsp3) is 0.0800. The largest absolute Gasteiger partial charge is 0.497 e. The van der Waals surface area contributed by atoms with Gasteiger partial charge in [0.15, 0.2) is 0 Å². The van der Waals surface area contributed by atoms with Crippen molar-refractivity contribution in [1.29, 1.82) is 0 Å². The van der Waals surface area contributed by atoms with E-state index in [0.717, 1.165) is 10.9 Å². The SMILES string of the molecule is COc1ccc(OC)c(-c2cc(C(=O)NN=CC=Cc3ccco3)c3ccccc3n2)c1. The number of ether oxygens (including phenoxy) is 2. The van der Waals surface area contributed by atoms with Crippen molar-refractivity contribution in [2.24, 2.45) is 5.10 Å². The Hall–Kier alpha value is -4.39. The van der Waals surface area contributed by atoms with Crippen LogP contribution in [0.5, 0.6) is 11.5 Å². The molecule has 7 nitrogen and oxygen atoms in total. The van der Waals surface area contributed by atoms with Crippen LogP contribution in [-0.2, 0) is 0 Å². The average molecular weight is 427 g/mol. The van der Waals surface area contributed by atoms with E-state index in [9.17, 15) is 4.79 Å². The van der Waals surface area contributed by atoms with Crippen molar-refractivity contribution in [2.45, 2.75) is 0 Å². The lowest BCUT2D eigenvalue weighted by molar-refractivity contribution is 0.0956. The molecular formula is C25H21N3O4. The van der Waals surface area contributed by atoms with Gasteiger partial charge in [-0.25, -0.2) is 10.4 Å². The van der Waals surface area contributed by atoms with Gasteiger partial charge in [0, 0.05) is 17.2 Å². The quantitative estimate of drug-likeness (QED) is 0.333. The number of nitrogens with zero attached hydrogens (tertiary/aromatic N) is 2. The van der Waals surface area contributed by atoms with Gasteiger partial charge in [0.1, 0.15) is 17.3 Å². The zero-order valence-electron chi connectivity index (χ0n) is 17.6. The third kappa shape index (κ3) is 4.52. The summed E-state index contributed by atoms with van der Waals surface area (Å²) in [7, 11) is 3.18. The van der Waals surface area contributed by atoms with Crippen molar-refractivity contribution in [2.75, 3.05) is 14.2 Å². The highest BCUT2D eigenvalue weighted by atomic mass is 16.5. The van der Waals surface area contributed by atoms with Crippen LogP contribution < -0.4 is 14.9 Å². The van der Waals surface area contributed by atoms with Crippen LogP contribution in [0.2, 0.25) is 0 Å². The average Bonchev–Trinajstić information content (AvgIpc) is 3.36. The number of allylic oxidation sites excluding steroid dienone is 1. The Kier molecular flexibility index (Phi) is 6.27. The highest BCUT2D eigenvalue weighted by Crippen LogP contribution is 2.34. The molecule has 0 radical (unpaired) electrons. The lowest BCUT2D eigenvalue weighted by Crippen LogP contribution is -2.18. The van der Waals surface area contributed by atoms with E-state index in [-0.39, 0.29) is 5.91 Å². The monoisotopic (exact) mass is 427 g/mol. The first-order valence-electron chi connectivity index (χ1n) is 9.85. The maximum atomic E-state index is 13.0. The number of benzene rings is 2. The number of pyridine rings is 1. The lowest BCUT2D eigenvalue weighted by atomic mass is 10.0. The van der Waals surface area contributed by atoms with Gasteiger partial charge in [0.05, 0.1) is 37.3 Å². The second kappa shape index (κ2) is 9.61. The van der Waals surface area contributed by atoms with E-state index >= 15 is 0 Å². The molecule has 2 aromatic carbocycles. The van der Waals surface area contributed by atoms with Crippen LogP contribution in [0.3, 0.4) is 0 Å². The predicted octanol–water partition coefficient (Wildman–Crippen LogP) is 4.94. The summed E-state index contributed by atoms with van der Waals surface area (Å²) in [6, 6.07) is 18.2. The number of methoxy groups -OCH3 is 2. The van der Waals surface area contributed by atoms with Crippen molar-refractivity contribution in [3.05, 3.63) is 84.3 Å². The summed E-state index contributed by atoms with van der Waals surface area (Å²) in [5.41, 5.74) is 5.00. The number of nitrogens with one attached hydrogen (secondary N) is 1. The molecule has 0 atom stereocenters. The summed E-state index contributed by atoms with van der Waals surface area (Å²) >= 11 is 0. The summed E-state index contributed by atoms with van der Waals surface area (Å²) in [6.07, 6.45) is 6.48. The van der Waals surface area contributed by atoms with Crippen LogP contribution in [0, 0.1) is 0 Å². The Bertz CT molecular complexity index is 1290. The highest BCUT2D eigenvalue weighted by Gasteiger charge is 2.16. The molecule has 7 heteroatoms. The van der Waals surface area contributed by atoms with Crippen molar-refractivity contribution < 1.29 is 18.7 Å². The molecule has 0 aliphatic rings. The Balaban J connectivity index is 1.68. The number of rotatable bonds is 7. The number of hydrogen-bond donors (Lipinski definition) is 1. The first kappa shape index (κ1) is 20.9. The summed E-state index contributed by atoms with van der Waals surface area (Å²) in [6.45, 7) is 0. The van der Waals surface area contributed by atoms with Crippen LogP contribution in [-0.4, -0.2) is 31.3 Å². The fourth-order valence-electron chi connectivity index (χ4n) is 3.24. The maximum Gasteiger partial charge on any atom is 0.272 e. The first-order chi connectivity index (χ1) is 15.7. The van der Waals surface area contributed by atoms with Gasteiger partial charge in [-0.1, -0.05) is 18.2 Å². The van der Waals surface area contributed by atoms with Gasteiger partial charge in [-0.3, -0.25) is 4.79 Å². The third-order valence-corrected chi connectivity index (χ3v) is 4.77. The molecule has 32 heavy (non-hydrogen) atoms. The first-order valence-corrected chi connectivity index (χ1v) is 9.85. The van der Waals surface area contributed by atoms with Crippen LogP contribution in [0.25, 0.3) is 28.2 Å². The van der Waals surface area contributed by atoms with E-state index in [1.165, 1.54) is 6.21 Å². The Morgan fingerprint density at radius 1 is 1.06 bits per heavy atom. The third-order valence-electron chi connectivity index (χ3n) is 4.77. The molecule has 0 saturated heterocycles. The maximum absolute atomic E-state index is 13.0. The highest BCUT2D eigenvalue weighted by molar-refractivity contribution is 6.07. The second-order valence-electron chi connectivity index (χ2n) is 6.73. The van der Waals surface area contributed by atoms with E-state index in [0.29, 0.717) is 34.0 Å². The summed E-state index contributed by atoms with van der Waals surface area (Å²) in [5, 5.41) is 4.72. The van der Waals surface area contributed by atoms with Crippen molar-refractivity contribution in [3.63, 3.8) is 0 Å². The Labute approximate surface area is 185 Å². The molecule has 0 saturated carbocycles. The number of fused-ring (bicyclic) bond motifs is 1. The molecule has 0 aliphatic carbocycles. The van der Waals surface area contributed by atoms with Crippen molar-refractivity contribution >= 4 is 29.1 Å². The van der Waals surface area contributed by atoms with Gasteiger partial charge >= 0.3 is 0 Å². The molecule has 2 heterocycles.